The molecule has 0 unspecified atom stereocenters. The summed E-state index contributed by atoms with van der Waals surface area (Å²) < 4.78 is 26.4. The molecule has 1 aromatic heterocycles. The van der Waals surface area contributed by atoms with Gasteiger partial charge in [-0.05, 0) is 18.4 Å². The van der Waals surface area contributed by atoms with E-state index >= 15 is 0 Å². The molecule has 1 aliphatic carbocycles. The Morgan fingerprint density at radius 1 is 1.47 bits per heavy atom. The first kappa shape index (κ1) is 12.3. The molecule has 0 aromatic carbocycles. The van der Waals surface area contributed by atoms with Crippen molar-refractivity contribution in [1.29, 1.82) is 0 Å². The summed E-state index contributed by atoms with van der Waals surface area (Å²) >= 11 is 0. The minimum absolute atomic E-state index is 0.177. The summed E-state index contributed by atoms with van der Waals surface area (Å²) in [6.07, 6.45) is 4.76. The van der Waals surface area contributed by atoms with Crippen molar-refractivity contribution in [3.63, 3.8) is 0 Å². The summed E-state index contributed by atoms with van der Waals surface area (Å²) in [4.78, 5) is 4.04. The Labute approximate surface area is 101 Å². The molecule has 1 aromatic rings. The predicted octanol–water partition coefficient (Wildman–Crippen LogP) is 0.446. The van der Waals surface area contributed by atoms with Crippen molar-refractivity contribution in [2.24, 2.45) is 11.8 Å². The van der Waals surface area contributed by atoms with Gasteiger partial charge in [0.05, 0.1) is 4.90 Å². The lowest BCUT2D eigenvalue weighted by atomic mass is 10.3. The number of nitrogens with one attached hydrogen (secondary N) is 2. The number of anilines is 1. The van der Waals surface area contributed by atoms with Crippen LogP contribution in [0.15, 0.2) is 23.2 Å². The van der Waals surface area contributed by atoms with E-state index in [1.807, 2.05) is 0 Å². The molecule has 1 aliphatic rings. The quantitative estimate of drug-likeness (QED) is 0.507. The fourth-order valence-corrected chi connectivity index (χ4v) is 2.60. The molecule has 0 atom stereocenters. The van der Waals surface area contributed by atoms with Crippen LogP contribution in [-0.4, -0.2) is 19.9 Å². The maximum atomic E-state index is 11.9. The molecule has 94 valence electrons. The van der Waals surface area contributed by atoms with Crippen molar-refractivity contribution in [2.45, 2.75) is 24.2 Å². The molecular formula is C10H16N4O2S. The van der Waals surface area contributed by atoms with Crippen LogP contribution in [0.2, 0.25) is 0 Å². The normalized spacial score (nSPS) is 15.8. The van der Waals surface area contributed by atoms with Crippen molar-refractivity contribution in [3.05, 3.63) is 18.3 Å². The van der Waals surface area contributed by atoms with Crippen molar-refractivity contribution in [1.82, 2.24) is 9.71 Å². The van der Waals surface area contributed by atoms with E-state index in [1.165, 1.54) is 31.2 Å². The first-order chi connectivity index (χ1) is 8.12. The highest BCUT2D eigenvalue weighted by Crippen LogP contribution is 2.31. The van der Waals surface area contributed by atoms with Crippen molar-refractivity contribution in [2.75, 3.05) is 12.0 Å². The monoisotopic (exact) mass is 256 g/mol. The lowest BCUT2D eigenvalue weighted by Gasteiger charge is -2.07. The predicted molar refractivity (Wildman–Crippen MR) is 64.6 cm³/mol. The molecule has 0 bridgehead atoms. The highest BCUT2D eigenvalue weighted by atomic mass is 32.2. The molecule has 7 heteroatoms. The Morgan fingerprint density at radius 2 is 2.24 bits per heavy atom. The van der Waals surface area contributed by atoms with E-state index in [9.17, 15) is 8.42 Å². The number of pyridine rings is 1. The Bertz CT molecular complexity index is 485. The average Bonchev–Trinajstić information content (AvgIpc) is 3.13. The van der Waals surface area contributed by atoms with Crippen LogP contribution >= 0.6 is 0 Å². The lowest BCUT2D eigenvalue weighted by Crippen LogP contribution is -2.25. The third-order valence-electron chi connectivity index (χ3n) is 2.73. The number of nitrogen functional groups attached to an aromatic ring is 1. The number of hydrogen-bond donors (Lipinski definition) is 3. The molecule has 0 aliphatic heterocycles. The summed E-state index contributed by atoms with van der Waals surface area (Å²) in [5.74, 6) is 6.22. The second kappa shape index (κ2) is 4.99. The zero-order valence-electron chi connectivity index (χ0n) is 9.39. The molecular weight excluding hydrogens is 240 g/mol. The number of sulfonamides is 1. The van der Waals surface area contributed by atoms with E-state index in [-0.39, 0.29) is 4.90 Å². The Balaban J connectivity index is 2.01. The zero-order valence-corrected chi connectivity index (χ0v) is 10.2. The number of hydrazine groups is 1. The summed E-state index contributed by atoms with van der Waals surface area (Å²) in [5.41, 5.74) is 2.32. The van der Waals surface area contributed by atoms with Gasteiger partial charge in [-0.15, -0.1) is 0 Å². The number of nitrogens with zero attached hydrogens (tertiary/aromatic N) is 1. The summed E-state index contributed by atoms with van der Waals surface area (Å²) in [7, 11) is -3.45. The minimum Gasteiger partial charge on any atom is -0.308 e. The van der Waals surface area contributed by atoms with Crippen LogP contribution in [0.5, 0.6) is 0 Å². The molecule has 0 spiro atoms. The van der Waals surface area contributed by atoms with Gasteiger partial charge in [0.2, 0.25) is 10.0 Å². The van der Waals surface area contributed by atoms with E-state index in [2.05, 4.69) is 15.1 Å². The van der Waals surface area contributed by atoms with E-state index in [0.717, 1.165) is 6.42 Å². The Hall–Kier alpha value is -1.18. The Kier molecular flexibility index (Phi) is 3.60. The van der Waals surface area contributed by atoms with Gasteiger partial charge in [-0.1, -0.05) is 12.8 Å². The third-order valence-corrected chi connectivity index (χ3v) is 4.19. The molecule has 6 nitrogen and oxygen atoms in total. The van der Waals surface area contributed by atoms with Crippen molar-refractivity contribution >= 4 is 15.8 Å². The zero-order chi connectivity index (χ0) is 12.3. The minimum atomic E-state index is -3.45. The first-order valence-electron chi connectivity index (χ1n) is 5.54. The highest BCUT2D eigenvalue weighted by Gasteiger charge is 2.22. The first-order valence-corrected chi connectivity index (χ1v) is 7.02. The van der Waals surface area contributed by atoms with E-state index in [1.54, 1.807) is 0 Å². The van der Waals surface area contributed by atoms with Gasteiger partial charge in [0.25, 0.3) is 0 Å². The molecule has 0 radical (unpaired) electrons. The number of nitrogens with two attached hydrogens (primary N) is 1. The van der Waals surface area contributed by atoms with Crippen LogP contribution in [0.1, 0.15) is 19.3 Å². The molecule has 2 rings (SSSR count). The smallest absolute Gasteiger partial charge is 0.240 e. The van der Waals surface area contributed by atoms with Gasteiger partial charge >= 0.3 is 0 Å². The van der Waals surface area contributed by atoms with Crippen molar-refractivity contribution < 1.29 is 8.42 Å². The van der Waals surface area contributed by atoms with Gasteiger partial charge in [-0.25, -0.2) is 24.0 Å². The van der Waals surface area contributed by atoms with Crippen LogP contribution in [0.4, 0.5) is 5.82 Å². The van der Waals surface area contributed by atoms with Crippen LogP contribution in [-0.2, 0) is 10.0 Å². The molecule has 1 heterocycles. The van der Waals surface area contributed by atoms with Gasteiger partial charge in [0.1, 0.15) is 5.82 Å². The topological polar surface area (TPSA) is 97.1 Å². The molecule has 1 fully saturated rings. The lowest BCUT2D eigenvalue weighted by molar-refractivity contribution is 0.575. The summed E-state index contributed by atoms with van der Waals surface area (Å²) in [5, 5.41) is 0. The molecule has 1 saturated carbocycles. The summed E-state index contributed by atoms with van der Waals surface area (Å²) in [6.45, 7) is 0.487. The van der Waals surface area contributed by atoms with E-state index < -0.39 is 10.0 Å². The molecule has 4 N–H and O–H groups in total. The molecule has 0 saturated heterocycles. The van der Waals surface area contributed by atoms with Gasteiger partial charge in [-0.3, -0.25) is 0 Å². The highest BCUT2D eigenvalue weighted by molar-refractivity contribution is 7.89. The number of rotatable bonds is 6. The second-order valence-electron chi connectivity index (χ2n) is 4.15. The van der Waals surface area contributed by atoms with Crippen LogP contribution in [0.3, 0.4) is 0 Å². The standard InChI is InChI=1S/C10H16N4O2S/c11-14-10-7-9(4-5-12-10)17(15,16)13-6-3-8-1-2-8/h4-5,7-8,13H,1-3,6,11H2,(H,12,14). The summed E-state index contributed by atoms with van der Waals surface area (Å²) in [6, 6.07) is 2.85. The third kappa shape index (κ3) is 3.39. The van der Waals surface area contributed by atoms with E-state index in [4.69, 9.17) is 5.84 Å². The maximum Gasteiger partial charge on any atom is 0.240 e. The van der Waals surface area contributed by atoms with Gasteiger partial charge in [-0.2, -0.15) is 0 Å². The van der Waals surface area contributed by atoms with Crippen LogP contribution in [0.25, 0.3) is 0 Å². The fourth-order valence-electron chi connectivity index (χ4n) is 1.54. The average molecular weight is 256 g/mol. The van der Waals surface area contributed by atoms with Gasteiger partial charge in [0, 0.05) is 18.8 Å². The van der Waals surface area contributed by atoms with E-state index in [0.29, 0.717) is 18.3 Å². The second-order valence-corrected chi connectivity index (χ2v) is 5.92. The molecule has 0 amide bonds. The fraction of sp³-hybridized carbons (Fsp3) is 0.500. The van der Waals surface area contributed by atoms with Crippen molar-refractivity contribution in [3.8, 4) is 0 Å². The van der Waals surface area contributed by atoms with Gasteiger partial charge in [0.15, 0.2) is 0 Å². The SMILES string of the molecule is NNc1cc(S(=O)(=O)NCCC2CC2)ccn1. The van der Waals surface area contributed by atoms with Crippen LogP contribution < -0.4 is 16.0 Å². The largest absolute Gasteiger partial charge is 0.308 e. The van der Waals surface area contributed by atoms with Gasteiger partial charge < -0.3 is 5.43 Å². The molecule has 17 heavy (non-hydrogen) atoms. The maximum absolute atomic E-state index is 11.9. The number of aromatic nitrogens is 1. The number of hydrogen-bond acceptors (Lipinski definition) is 5. The van der Waals surface area contributed by atoms with Crippen LogP contribution in [0, 0.1) is 5.92 Å². The Morgan fingerprint density at radius 3 is 2.88 bits per heavy atom.